The molecule has 0 aromatic heterocycles. The van der Waals surface area contributed by atoms with E-state index in [1.54, 1.807) is 25.3 Å². The number of hydrogen-bond donors (Lipinski definition) is 0. The molecular formula is C12H17N3O2. The Morgan fingerprint density at radius 3 is 2.53 bits per heavy atom. The number of benzene rings is 1. The zero-order valence-electron chi connectivity index (χ0n) is 10.2. The Labute approximate surface area is 101 Å². The molecule has 0 spiro atoms. The Balaban J connectivity index is 2.25. The first-order chi connectivity index (χ1) is 8.24. The van der Waals surface area contributed by atoms with Gasteiger partial charge in [-0.05, 0) is 30.4 Å². The third kappa shape index (κ3) is 2.55. The summed E-state index contributed by atoms with van der Waals surface area (Å²) in [5.74, 6) is 0.793. The average Bonchev–Trinajstić information content (AvgIpc) is 2.39. The van der Waals surface area contributed by atoms with Crippen molar-refractivity contribution in [2.75, 3.05) is 45.2 Å². The van der Waals surface area contributed by atoms with Crippen molar-refractivity contribution < 1.29 is 4.74 Å². The second-order valence-corrected chi connectivity index (χ2v) is 4.24. The summed E-state index contributed by atoms with van der Waals surface area (Å²) in [6.45, 7) is 3.91. The van der Waals surface area contributed by atoms with Crippen LogP contribution in [-0.2, 0) is 0 Å². The number of likely N-dealkylation sites (N-methyl/N-ethyl adjacent to an activating group) is 1. The van der Waals surface area contributed by atoms with Gasteiger partial charge in [0.25, 0.3) is 0 Å². The van der Waals surface area contributed by atoms with Gasteiger partial charge in [-0.2, -0.15) is 0 Å². The van der Waals surface area contributed by atoms with E-state index < -0.39 is 0 Å². The molecule has 0 saturated carbocycles. The highest BCUT2D eigenvalue weighted by Crippen LogP contribution is 2.32. The van der Waals surface area contributed by atoms with E-state index >= 15 is 0 Å². The third-order valence-corrected chi connectivity index (χ3v) is 3.11. The number of hydrogen-bond acceptors (Lipinski definition) is 5. The Morgan fingerprint density at radius 2 is 1.94 bits per heavy atom. The van der Waals surface area contributed by atoms with Crippen molar-refractivity contribution >= 4 is 11.4 Å². The topological polar surface area (TPSA) is 45.1 Å². The van der Waals surface area contributed by atoms with E-state index in [2.05, 4.69) is 22.0 Å². The molecule has 1 aliphatic heterocycles. The van der Waals surface area contributed by atoms with E-state index in [0.29, 0.717) is 5.69 Å². The van der Waals surface area contributed by atoms with Crippen LogP contribution in [0.1, 0.15) is 0 Å². The second-order valence-electron chi connectivity index (χ2n) is 4.24. The maximum absolute atomic E-state index is 10.6. The van der Waals surface area contributed by atoms with E-state index in [1.165, 1.54) is 0 Å². The first-order valence-corrected chi connectivity index (χ1v) is 5.69. The van der Waals surface area contributed by atoms with E-state index in [4.69, 9.17) is 4.74 Å². The minimum Gasteiger partial charge on any atom is -0.495 e. The van der Waals surface area contributed by atoms with Crippen LogP contribution in [0.2, 0.25) is 0 Å². The predicted molar refractivity (Wildman–Crippen MR) is 68.2 cm³/mol. The number of methoxy groups -OCH3 is 1. The standard InChI is InChI=1S/C12H17N3O2/c1-14-5-7-15(8-6-14)11-9-10(13-16)3-4-12(11)17-2/h3-4,9H,5-8H2,1-2H3. The molecule has 5 nitrogen and oxygen atoms in total. The molecule has 0 unspecified atom stereocenters. The van der Waals surface area contributed by atoms with Gasteiger partial charge in [-0.25, -0.2) is 0 Å². The number of piperazine rings is 1. The van der Waals surface area contributed by atoms with E-state index in [1.807, 2.05) is 0 Å². The average molecular weight is 235 g/mol. The number of nitrogens with zero attached hydrogens (tertiary/aromatic N) is 3. The summed E-state index contributed by atoms with van der Waals surface area (Å²) >= 11 is 0. The van der Waals surface area contributed by atoms with Crippen molar-refractivity contribution in [3.05, 3.63) is 23.1 Å². The summed E-state index contributed by atoms with van der Waals surface area (Å²) in [6, 6.07) is 5.26. The lowest BCUT2D eigenvalue weighted by Gasteiger charge is -2.34. The zero-order chi connectivity index (χ0) is 12.3. The van der Waals surface area contributed by atoms with Crippen molar-refractivity contribution in [3.63, 3.8) is 0 Å². The number of anilines is 1. The first kappa shape index (κ1) is 11.9. The SMILES string of the molecule is COc1ccc(N=O)cc1N1CCN(C)CC1. The van der Waals surface area contributed by atoms with Crippen molar-refractivity contribution in [1.29, 1.82) is 0 Å². The summed E-state index contributed by atoms with van der Waals surface area (Å²) in [5, 5.41) is 2.97. The molecule has 0 aliphatic carbocycles. The van der Waals surface area contributed by atoms with E-state index in [9.17, 15) is 4.91 Å². The molecule has 17 heavy (non-hydrogen) atoms. The lowest BCUT2D eigenvalue weighted by atomic mass is 10.2. The molecule has 0 bridgehead atoms. The molecule has 0 amide bonds. The van der Waals surface area contributed by atoms with Gasteiger partial charge >= 0.3 is 0 Å². The summed E-state index contributed by atoms with van der Waals surface area (Å²) in [5.41, 5.74) is 1.40. The Hall–Kier alpha value is -1.62. The smallest absolute Gasteiger partial charge is 0.142 e. The van der Waals surface area contributed by atoms with Gasteiger partial charge in [0.15, 0.2) is 0 Å². The monoisotopic (exact) mass is 235 g/mol. The summed E-state index contributed by atoms with van der Waals surface area (Å²) < 4.78 is 5.33. The fraction of sp³-hybridized carbons (Fsp3) is 0.500. The molecule has 1 heterocycles. The van der Waals surface area contributed by atoms with Crippen LogP contribution in [-0.4, -0.2) is 45.2 Å². The van der Waals surface area contributed by atoms with Crippen LogP contribution >= 0.6 is 0 Å². The highest BCUT2D eigenvalue weighted by atomic mass is 16.5. The summed E-state index contributed by atoms with van der Waals surface area (Å²) in [6.07, 6.45) is 0. The summed E-state index contributed by atoms with van der Waals surface area (Å²) in [4.78, 5) is 15.1. The zero-order valence-corrected chi connectivity index (χ0v) is 10.2. The van der Waals surface area contributed by atoms with Crippen LogP contribution in [0.4, 0.5) is 11.4 Å². The molecule has 0 radical (unpaired) electrons. The molecule has 0 N–H and O–H groups in total. The predicted octanol–water partition coefficient (Wildman–Crippen LogP) is 1.84. The van der Waals surface area contributed by atoms with Crippen molar-refractivity contribution in [1.82, 2.24) is 4.90 Å². The molecule has 2 rings (SSSR count). The van der Waals surface area contributed by atoms with Crippen LogP contribution in [0, 0.1) is 4.91 Å². The van der Waals surface area contributed by atoms with Crippen LogP contribution in [0.5, 0.6) is 5.75 Å². The highest BCUT2D eigenvalue weighted by molar-refractivity contribution is 5.65. The van der Waals surface area contributed by atoms with Crippen molar-refractivity contribution in [3.8, 4) is 5.75 Å². The number of nitroso groups, excluding NO2 is 1. The quantitative estimate of drug-likeness (QED) is 0.750. The van der Waals surface area contributed by atoms with Gasteiger partial charge in [-0.3, -0.25) is 0 Å². The number of rotatable bonds is 3. The second kappa shape index (κ2) is 5.14. The first-order valence-electron chi connectivity index (χ1n) is 5.69. The molecule has 1 saturated heterocycles. The molecule has 1 aromatic carbocycles. The minimum absolute atomic E-state index is 0.444. The van der Waals surface area contributed by atoms with E-state index in [-0.39, 0.29) is 0 Å². The fourth-order valence-electron chi connectivity index (χ4n) is 2.03. The summed E-state index contributed by atoms with van der Waals surface area (Å²) in [7, 11) is 3.75. The fourth-order valence-corrected chi connectivity index (χ4v) is 2.03. The molecule has 0 atom stereocenters. The van der Waals surface area contributed by atoms with Crippen molar-refractivity contribution in [2.45, 2.75) is 0 Å². The highest BCUT2D eigenvalue weighted by Gasteiger charge is 2.18. The van der Waals surface area contributed by atoms with Gasteiger partial charge < -0.3 is 14.5 Å². The van der Waals surface area contributed by atoms with Gasteiger partial charge in [0.1, 0.15) is 11.4 Å². The van der Waals surface area contributed by atoms with Gasteiger partial charge in [-0.1, -0.05) is 0 Å². The van der Waals surface area contributed by atoms with Crippen LogP contribution in [0.25, 0.3) is 0 Å². The van der Waals surface area contributed by atoms with Crippen molar-refractivity contribution in [2.24, 2.45) is 5.18 Å². The van der Waals surface area contributed by atoms with E-state index in [0.717, 1.165) is 37.6 Å². The maximum atomic E-state index is 10.6. The Morgan fingerprint density at radius 1 is 1.24 bits per heavy atom. The van der Waals surface area contributed by atoms with Gasteiger partial charge in [0, 0.05) is 26.2 Å². The molecule has 1 fully saturated rings. The third-order valence-electron chi connectivity index (χ3n) is 3.11. The lowest BCUT2D eigenvalue weighted by molar-refractivity contribution is 0.311. The minimum atomic E-state index is 0.444. The molecule has 5 heteroatoms. The molecule has 1 aromatic rings. The Kier molecular flexibility index (Phi) is 3.58. The van der Waals surface area contributed by atoms with Gasteiger partial charge in [0.2, 0.25) is 0 Å². The molecule has 92 valence electrons. The maximum Gasteiger partial charge on any atom is 0.142 e. The lowest BCUT2D eigenvalue weighted by Crippen LogP contribution is -2.44. The van der Waals surface area contributed by atoms with Gasteiger partial charge in [-0.15, -0.1) is 4.91 Å². The van der Waals surface area contributed by atoms with Crippen LogP contribution in [0.3, 0.4) is 0 Å². The molecule has 1 aliphatic rings. The van der Waals surface area contributed by atoms with Crippen LogP contribution in [0.15, 0.2) is 23.4 Å². The number of ether oxygens (including phenoxy) is 1. The Bertz CT molecular complexity index is 401. The van der Waals surface area contributed by atoms with Crippen LogP contribution < -0.4 is 9.64 Å². The largest absolute Gasteiger partial charge is 0.495 e. The van der Waals surface area contributed by atoms with Gasteiger partial charge in [0.05, 0.1) is 12.8 Å². The normalized spacial score (nSPS) is 16.9. The molecular weight excluding hydrogens is 218 g/mol.